The van der Waals surface area contributed by atoms with Gasteiger partial charge in [0, 0.05) is 0 Å². The molecule has 21 heavy (non-hydrogen) atoms. The third kappa shape index (κ3) is 3.53. The minimum atomic E-state index is -4.79. The van der Waals surface area contributed by atoms with Crippen molar-refractivity contribution in [1.29, 1.82) is 0 Å². The smallest absolute Gasteiger partial charge is 0.416 e. The summed E-state index contributed by atoms with van der Waals surface area (Å²) in [5.41, 5.74) is -1.63. The fourth-order valence-electron chi connectivity index (χ4n) is 2.67. The number of benzene rings is 1. The predicted octanol–water partition coefficient (Wildman–Crippen LogP) is 3.46. The van der Waals surface area contributed by atoms with Crippen molar-refractivity contribution < 1.29 is 27.5 Å². The van der Waals surface area contributed by atoms with Crippen LogP contribution in [-0.4, -0.2) is 29.1 Å². The summed E-state index contributed by atoms with van der Waals surface area (Å²) < 4.78 is 52.2. The molecule has 1 aromatic carbocycles. The highest BCUT2D eigenvalue weighted by Crippen LogP contribution is 2.37. The number of carbonyl (C=O) groups is 1. The van der Waals surface area contributed by atoms with E-state index >= 15 is 0 Å². The Labute approximate surface area is 119 Å². The maximum absolute atomic E-state index is 13.1. The zero-order chi connectivity index (χ0) is 15.6. The van der Waals surface area contributed by atoms with Gasteiger partial charge in [-0.05, 0) is 43.6 Å². The van der Waals surface area contributed by atoms with E-state index in [0.717, 1.165) is 31.4 Å². The summed E-state index contributed by atoms with van der Waals surface area (Å²) in [6.07, 6.45) is -2.38. The molecule has 0 bridgehead atoms. The first kappa shape index (κ1) is 15.8. The molecule has 0 aliphatic carbocycles. The summed E-state index contributed by atoms with van der Waals surface area (Å²) in [5.74, 6) is -2.39. The molecule has 0 aromatic heterocycles. The van der Waals surface area contributed by atoms with Gasteiger partial charge in [0.15, 0.2) is 0 Å². The third-order valence-electron chi connectivity index (χ3n) is 3.61. The quantitative estimate of drug-likeness (QED) is 0.870. The lowest BCUT2D eigenvalue weighted by molar-refractivity contribution is -0.146. The van der Waals surface area contributed by atoms with Crippen LogP contribution < -0.4 is 0 Å². The van der Waals surface area contributed by atoms with Crippen molar-refractivity contribution in [3.63, 3.8) is 0 Å². The Morgan fingerprint density at radius 3 is 2.33 bits per heavy atom. The highest BCUT2D eigenvalue weighted by Gasteiger charge is 2.39. The van der Waals surface area contributed by atoms with E-state index in [4.69, 9.17) is 0 Å². The molecular formula is C14H15F4NO2. The summed E-state index contributed by atoms with van der Waals surface area (Å²) in [5, 5.41) is 9.34. The highest BCUT2D eigenvalue weighted by atomic mass is 19.4. The number of piperidine rings is 1. The SMILES string of the molecule is O=C(O)C(c1ccc(F)cc1C(F)(F)F)N1CCCCC1. The molecule has 1 aliphatic heterocycles. The van der Waals surface area contributed by atoms with E-state index in [1.165, 1.54) is 4.90 Å². The Hall–Kier alpha value is -1.63. The first-order chi connectivity index (χ1) is 9.80. The topological polar surface area (TPSA) is 40.5 Å². The Balaban J connectivity index is 2.47. The Morgan fingerprint density at radius 2 is 1.81 bits per heavy atom. The molecule has 1 fully saturated rings. The van der Waals surface area contributed by atoms with Gasteiger partial charge in [0.2, 0.25) is 0 Å². The number of likely N-dealkylation sites (tertiary alicyclic amines) is 1. The number of rotatable bonds is 3. The van der Waals surface area contributed by atoms with Gasteiger partial charge in [-0.15, -0.1) is 0 Å². The van der Waals surface area contributed by atoms with E-state index in [0.29, 0.717) is 19.2 Å². The number of carboxylic acids is 1. The number of aliphatic carboxylic acids is 1. The molecule has 0 amide bonds. The third-order valence-corrected chi connectivity index (χ3v) is 3.61. The fourth-order valence-corrected chi connectivity index (χ4v) is 2.67. The van der Waals surface area contributed by atoms with Crippen LogP contribution in [0.25, 0.3) is 0 Å². The standard InChI is InChI=1S/C14H15F4NO2/c15-9-4-5-10(11(8-9)14(16,17)18)12(13(20)21)19-6-2-1-3-7-19/h4-5,8,12H,1-3,6-7H2,(H,20,21). The normalized spacial score (nSPS) is 18.5. The summed E-state index contributed by atoms with van der Waals surface area (Å²) in [7, 11) is 0. The van der Waals surface area contributed by atoms with Crippen LogP contribution >= 0.6 is 0 Å². The van der Waals surface area contributed by atoms with Crippen LogP contribution in [0.3, 0.4) is 0 Å². The van der Waals surface area contributed by atoms with Gasteiger partial charge in [-0.1, -0.05) is 12.5 Å². The molecule has 1 atom stereocenters. The van der Waals surface area contributed by atoms with Gasteiger partial charge >= 0.3 is 12.1 Å². The van der Waals surface area contributed by atoms with Crippen LogP contribution in [0, 0.1) is 5.82 Å². The minimum absolute atomic E-state index is 0.356. The van der Waals surface area contributed by atoms with Crippen molar-refractivity contribution in [2.45, 2.75) is 31.5 Å². The lowest BCUT2D eigenvalue weighted by atomic mass is 9.96. The Kier molecular flexibility index (Phi) is 4.51. The molecule has 116 valence electrons. The van der Waals surface area contributed by atoms with Crippen molar-refractivity contribution in [2.24, 2.45) is 0 Å². The van der Waals surface area contributed by atoms with Crippen LogP contribution in [-0.2, 0) is 11.0 Å². The second-order valence-corrected chi connectivity index (χ2v) is 5.07. The second kappa shape index (κ2) is 6.01. The molecule has 1 N–H and O–H groups in total. The highest BCUT2D eigenvalue weighted by molar-refractivity contribution is 5.76. The van der Waals surface area contributed by atoms with Gasteiger partial charge in [-0.25, -0.2) is 4.39 Å². The first-order valence-electron chi connectivity index (χ1n) is 6.64. The van der Waals surface area contributed by atoms with Gasteiger partial charge in [0.05, 0.1) is 5.56 Å². The fraction of sp³-hybridized carbons (Fsp3) is 0.500. The summed E-state index contributed by atoms with van der Waals surface area (Å²) in [4.78, 5) is 13.0. The molecule has 1 heterocycles. The molecule has 3 nitrogen and oxygen atoms in total. The molecule has 0 saturated carbocycles. The van der Waals surface area contributed by atoms with E-state index in [2.05, 4.69) is 0 Å². The van der Waals surface area contributed by atoms with Crippen molar-refractivity contribution in [3.05, 3.63) is 35.1 Å². The van der Waals surface area contributed by atoms with E-state index < -0.39 is 35.1 Å². The largest absolute Gasteiger partial charge is 0.480 e. The molecule has 1 saturated heterocycles. The van der Waals surface area contributed by atoms with E-state index in [1.807, 2.05) is 0 Å². The van der Waals surface area contributed by atoms with Gasteiger partial charge < -0.3 is 5.11 Å². The lowest BCUT2D eigenvalue weighted by Crippen LogP contribution is -2.38. The van der Waals surface area contributed by atoms with Gasteiger partial charge in [-0.2, -0.15) is 13.2 Å². The lowest BCUT2D eigenvalue weighted by Gasteiger charge is -2.33. The summed E-state index contributed by atoms with van der Waals surface area (Å²) in [6.45, 7) is 0.845. The molecule has 0 radical (unpaired) electrons. The first-order valence-corrected chi connectivity index (χ1v) is 6.64. The van der Waals surface area contributed by atoms with Crippen LogP contribution in [0.4, 0.5) is 17.6 Å². The number of nitrogens with zero attached hydrogens (tertiary/aromatic N) is 1. The summed E-state index contributed by atoms with van der Waals surface area (Å²) >= 11 is 0. The van der Waals surface area contributed by atoms with Gasteiger partial charge in [0.25, 0.3) is 0 Å². The number of carboxylic acid groups (broad SMARTS) is 1. The zero-order valence-corrected chi connectivity index (χ0v) is 11.2. The monoisotopic (exact) mass is 305 g/mol. The van der Waals surface area contributed by atoms with Crippen LogP contribution in [0.2, 0.25) is 0 Å². The second-order valence-electron chi connectivity index (χ2n) is 5.07. The van der Waals surface area contributed by atoms with E-state index in [1.54, 1.807) is 0 Å². The molecule has 7 heteroatoms. The summed E-state index contributed by atoms with van der Waals surface area (Å²) in [6, 6.07) is 0.744. The number of hydrogen-bond acceptors (Lipinski definition) is 2. The van der Waals surface area contributed by atoms with Crippen molar-refractivity contribution in [2.75, 3.05) is 13.1 Å². The van der Waals surface area contributed by atoms with Crippen LogP contribution in [0.15, 0.2) is 18.2 Å². The average molecular weight is 305 g/mol. The number of alkyl halides is 3. The zero-order valence-electron chi connectivity index (χ0n) is 11.2. The molecule has 1 aromatic rings. The molecule has 2 rings (SSSR count). The molecular weight excluding hydrogens is 290 g/mol. The maximum Gasteiger partial charge on any atom is 0.416 e. The number of hydrogen-bond donors (Lipinski definition) is 1. The van der Waals surface area contributed by atoms with E-state index in [9.17, 15) is 27.5 Å². The Morgan fingerprint density at radius 1 is 1.19 bits per heavy atom. The van der Waals surface area contributed by atoms with Crippen molar-refractivity contribution >= 4 is 5.97 Å². The van der Waals surface area contributed by atoms with Crippen molar-refractivity contribution in [3.8, 4) is 0 Å². The van der Waals surface area contributed by atoms with Crippen LogP contribution in [0.1, 0.15) is 36.4 Å². The van der Waals surface area contributed by atoms with Gasteiger partial charge in [-0.3, -0.25) is 9.69 Å². The predicted molar refractivity (Wildman–Crippen MR) is 67.2 cm³/mol. The van der Waals surface area contributed by atoms with Crippen LogP contribution in [0.5, 0.6) is 0 Å². The van der Waals surface area contributed by atoms with Gasteiger partial charge in [0.1, 0.15) is 11.9 Å². The molecule has 1 aliphatic rings. The Bertz CT molecular complexity index is 524. The average Bonchev–Trinajstić information content (AvgIpc) is 2.40. The molecule has 0 spiro atoms. The minimum Gasteiger partial charge on any atom is -0.480 e. The molecule has 1 unspecified atom stereocenters. The van der Waals surface area contributed by atoms with Crippen molar-refractivity contribution in [1.82, 2.24) is 4.90 Å². The van der Waals surface area contributed by atoms with E-state index in [-0.39, 0.29) is 0 Å². The maximum atomic E-state index is 13.1. The number of halogens is 4.